The molecule has 0 aliphatic carbocycles. The van der Waals surface area contributed by atoms with Crippen molar-refractivity contribution in [1.82, 2.24) is 5.32 Å². The van der Waals surface area contributed by atoms with Crippen LogP contribution in [0, 0.1) is 6.92 Å². The SMILES string of the molecule is CSCC[C@H](NC(=O)c1ccc(OCC=Cc2ccccc2)cc1-c1ccccc1C)C(=O)O. The largest absolute Gasteiger partial charge is 0.490 e. The van der Waals surface area contributed by atoms with E-state index in [-0.39, 0.29) is 0 Å². The minimum Gasteiger partial charge on any atom is -0.490 e. The van der Waals surface area contributed by atoms with Gasteiger partial charge in [-0.2, -0.15) is 11.8 Å². The van der Waals surface area contributed by atoms with Gasteiger partial charge in [-0.15, -0.1) is 0 Å². The van der Waals surface area contributed by atoms with Crippen molar-refractivity contribution in [3.8, 4) is 16.9 Å². The molecule has 0 heterocycles. The van der Waals surface area contributed by atoms with Gasteiger partial charge in [-0.05, 0) is 71.9 Å². The molecule has 34 heavy (non-hydrogen) atoms. The van der Waals surface area contributed by atoms with Crippen LogP contribution in [-0.2, 0) is 4.79 Å². The van der Waals surface area contributed by atoms with Crippen LogP contribution in [0.15, 0.2) is 78.9 Å². The van der Waals surface area contributed by atoms with Crippen molar-refractivity contribution < 1.29 is 19.4 Å². The highest BCUT2D eigenvalue weighted by molar-refractivity contribution is 7.98. The molecule has 3 aromatic carbocycles. The third-order valence-electron chi connectivity index (χ3n) is 5.34. The number of nitrogens with one attached hydrogen (secondary N) is 1. The van der Waals surface area contributed by atoms with Crippen LogP contribution < -0.4 is 10.1 Å². The van der Waals surface area contributed by atoms with Gasteiger partial charge in [-0.1, -0.05) is 60.7 Å². The number of carboxylic acids is 1. The molecule has 0 aliphatic rings. The molecule has 0 unspecified atom stereocenters. The molecular weight excluding hydrogens is 446 g/mol. The fraction of sp³-hybridized carbons (Fsp3) is 0.214. The second-order valence-electron chi connectivity index (χ2n) is 7.79. The number of carbonyl (C=O) groups excluding carboxylic acids is 1. The van der Waals surface area contributed by atoms with Crippen molar-refractivity contribution in [1.29, 1.82) is 0 Å². The molecule has 1 amide bonds. The zero-order valence-corrected chi connectivity index (χ0v) is 20.2. The minimum absolute atomic E-state index is 0.358. The molecule has 5 nitrogen and oxygen atoms in total. The number of rotatable bonds is 11. The Kier molecular flexibility index (Phi) is 9.35. The van der Waals surface area contributed by atoms with Gasteiger partial charge < -0.3 is 15.2 Å². The number of ether oxygens (including phenoxy) is 1. The van der Waals surface area contributed by atoms with E-state index >= 15 is 0 Å². The topological polar surface area (TPSA) is 75.6 Å². The highest BCUT2D eigenvalue weighted by Crippen LogP contribution is 2.31. The average molecular weight is 476 g/mol. The molecule has 0 spiro atoms. The van der Waals surface area contributed by atoms with E-state index in [4.69, 9.17) is 4.74 Å². The van der Waals surface area contributed by atoms with Crippen LogP contribution >= 0.6 is 11.8 Å². The summed E-state index contributed by atoms with van der Waals surface area (Å²) in [5.41, 5.74) is 4.11. The van der Waals surface area contributed by atoms with Gasteiger partial charge in [0.25, 0.3) is 5.91 Å². The maximum atomic E-state index is 13.1. The van der Waals surface area contributed by atoms with E-state index < -0.39 is 17.9 Å². The Labute approximate surface area is 204 Å². The van der Waals surface area contributed by atoms with E-state index in [1.807, 2.05) is 86.0 Å². The summed E-state index contributed by atoms with van der Waals surface area (Å²) < 4.78 is 5.92. The first-order valence-corrected chi connectivity index (χ1v) is 12.5. The third kappa shape index (κ3) is 6.99. The normalized spacial score (nSPS) is 11.8. The van der Waals surface area contributed by atoms with Crippen molar-refractivity contribution in [2.75, 3.05) is 18.6 Å². The zero-order valence-electron chi connectivity index (χ0n) is 19.4. The molecule has 0 saturated carbocycles. The Bertz CT molecular complexity index is 1140. The van der Waals surface area contributed by atoms with Crippen molar-refractivity contribution in [3.63, 3.8) is 0 Å². The summed E-state index contributed by atoms with van der Waals surface area (Å²) in [5, 5.41) is 12.2. The molecule has 0 aromatic heterocycles. The first-order valence-electron chi connectivity index (χ1n) is 11.1. The van der Waals surface area contributed by atoms with E-state index in [0.29, 0.717) is 35.7 Å². The summed E-state index contributed by atoms with van der Waals surface area (Å²) in [7, 11) is 0. The summed E-state index contributed by atoms with van der Waals surface area (Å²) >= 11 is 1.55. The minimum atomic E-state index is -1.04. The number of carbonyl (C=O) groups is 2. The lowest BCUT2D eigenvalue weighted by Crippen LogP contribution is -2.41. The number of thioether (sulfide) groups is 1. The lowest BCUT2D eigenvalue weighted by Gasteiger charge is -2.17. The molecule has 0 fully saturated rings. The molecular formula is C28H29NO4S. The van der Waals surface area contributed by atoms with Crippen LogP contribution in [0.5, 0.6) is 5.75 Å². The van der Waals surface area contributed by atoms with Crippen LogP contribution in [0.2, 0.25) is 0 Å². The van der Waals surface area contributed by atoms with Crippen LogP contribution in [0.1, 0.15) is 27.9 Å². The molecule has 1 atom stereocenters. The second-order valence-corrected chi connectivity index (χ2v) is 8.78. The first-order chi connectivity index (χ1) is 16.5. The van der Waals surface area contributed by atoms with Crippen LogP contribution in [0.3, 0.4) is 0 Å². The van der Waals surface area contributed by atoms with Crippen molar-refractivity contribution >= 4 is 29.7 Å². The Morgan fingerprint density at radius 2 is 1.76 bits per heavy atom. The fourth-order valence-corrected chi connectivity index (χ4v) is 4.00. The fourth-order valence-electron chi connectivity index (χ4n) is 3.53. The quantitative estimate of drug-likeness (QED) is 0.373. The van der Waals surface area contributed by atoms with Crippen LogP contribution in [-0.4, -0.2) is 41.6 Å². The summed E-state index contributed by atoms with van der Waals surface area (Å²) in [6.07, 6.45) is 6.19. The number of aliphatic carboxylic acids is 1. The maximum Gasteiger partial charge on any atom is 0.326 e. The predicted molar refractivity (Wildman–Crippen MR) is 139 cm³/mol. The number of benzene rings is 3. The average Bonchev–Trinajstić information content (AvgIpc) is 2.85. The molecule has 0 saturated heterocycles. The molecule has 3 rings (SSSR count). The van der Waals surface area contributed by atoms with Gasteiger partial charge in [0, 0.05) is 5.56 Å². The Balaban J connectivity index is 1.84. The summed E-state index contributed by atoms with van der Waals surface area (Å²) in [5.74, 6) is -0.178. The number of hydrogen-bond acceptors (Lipinski definition) is 4. The Hall–Kier alpha value is -3.51. The van der Waals surface area contributed by atoms with E-state index in [1.54, 1.807) is 23.9 Å². The van der Waals surface area contributed by atoms with Gasteiger partial charge in [0.1, 0.15) is 18.4 Å². The van der Waals surface area contributed by atoms with Crippen LogP contribution in [0.25, 0.3) is 17.2 Å². The second kappa shape index (κ2) is 12.7. The Morgan fingerprint density at radius 1 is 1.03 bits per heavy atom. The van der Waals surface area contributed by atoms with Gasteiger partial charge in [-0.25, -0.2) is 4.79 Å². The van der Waals surface area contributed by atoms with Gasteiger partial charge in [0.05, 0.1) is 0 Å². The predicted octanol–water partition coefficient (Wildman–Crippen LogP) is 5.69. The monoisotopic (exact) mass is 475 g/mol. The van der Waals surface area contributed by atoms with Crippen molar-refractivity contribution in [3.05, 3.63) is 95.6 Å². The molecule has 0 bridgehead atoms. The zero-order chi connectivity index (χ0) is 24.3. The summed E-state index contributed by atoms with van der Waals surface area (Å²) in [6, 6.07) is 22.1. The van der Waals surface area contributed by atoms with Gasteiger partial charge >= 0.3 is 5.97 Å². The highest BCUT2D eigenvalue weighted by atomic mass is 32.2. The first kappa shape index (κ1) is 25.1. The summed E-state index contributed by atoms with van der Waals surface area (Å²) in [4.78, 5) is 24.8. The molecule has 3 aromatic rings. The van der Waals surface area contributed by atoms with E-state index in [2.05, 4.69) is 5.32 Å². The van der Waals surface area contributed by atoms with Gasteiger partial charge in [0.15, 0.2) is 0 Å². The number of carboxylic acid groups (broad SMARTS) is 1. The smallest absolute Gasteiger partial charge is 0.326 e. The molecule has 0 radical (unpaired) electrons. The van der Waals surface area contributed by atoms with Crippen molar-refractivity contribution in [2.45, 2.75) is 19.4 Å². The lowest BCUT2D eigenvalue weighted by atomic mass is 9.95. The van der Waals surface area contributed by atoms with Gasteiger partial charge in [-0.3, -0.25) is 4.79 Å². The molecule has 0 aliphatic heterocycles. The lowest BCUT2D eigenvalue weighted by molar-refractivity contribution is -0.139. The number of aryl methyl sites for hydroxylation is 1. The Morgan fingerprint density at radius 3 is 2.47 bits per heavy atom. The van der Waals surface area contributed by atoms with E-state index in [9.17, 15) is 14.7 Å². The molecule has 176 valence electrons. The third-order valence-corrected chi connectivity index (χ3v) is 5.99. The van der Waals surface area contributed by atoms with Crippen molar-refractivity contribution in [2.24, 2.45) is 0 Å². The molecule has 6 heteroatoms. The van der Waals surface area contributed by atoms with Gasteiger partial charge in [0.2, 0.25) is 0 Å². The van der Waals surface area contributed by atoms with E-state index in [1.165, 1.54) is 0 Å². The number of amides is 1. The standard InChI is InChI=1S/C28H29NO4S/c1-20-9-6-7-13-23(20)25-19-22(33-17-8-12-21-10-4-3-5-11-21)14-15-24(25)27(30)29-26(28(31)32)16-18-34-2/h3-15,19,26H,16-18H2,1-2H3,(H,29,30)(H,31,32)/t26-/m0/s1. The van der Waals surface area contributed by atoms with Crippen LogP contribution in [0.4, 0.5) is 0 Å². The summed E-state index contributed by atoms with van der Waals surface area (Å²) in [6.45, 7) is 2.36. The highest BCUT2D eigenvalue weighted by Gasteiger charge is 2.22. The number of hydrogen-bond donors (Lipinski definition) is 2. The van der Waals surface area contributed by atoms with E-state index in [0.717, 1.165) is 16.7 Å². The maximum absolute atomic E-state index is 13.1. The molecule has 2 N–H and O–H groups in total.